The molecule has 2 amide bonds. The van der Waals surface area contributed by atoms with E-state index < -0.39 is 11.9 Å². The van der Waals surface area contributed by atoms with Crippen LogP contribution in [0.5, 0.6) is 0 Å². The lowest BCUT2D eigenvalue weighted by Gasteiger charge is -2.31. The van der Waals surface area contributed by atoms with Crippen molar-refractivity contribution in [3.05, 3.63) is 90.2 Å². The number of carbonyl (C=O) groups is 2. The van der Waals surface area contributed by atoms with Gasteiger partial charge in [0.1, 0.15) is 23.9 Å². The first-order valence-electron chi connectivity index (χ1n) is 11.6. The SMILES string of the molecule is CC(C)CCNC(=O)C(c1ccc(F)cc1)N(C(=O)Cn1nnc2ccccc21)c1ccccc1. The lowest BCUT2D eigenvalue weighted by atomic mass is 10.0. The van der Waals surface area contributed by atoms with E-state index in [4.69, 9.17) is 0 Å². The molecule has 4 rings (SSSR count). The van der Waals surface area contributed by atoms with Gasteiger partial charge in [0.05, 0.1) is 5.52 Å². The highest BCUT2D eigenvalue weighted by Crippen LogP contribution is 2.29. The first-order valence-corrected chi connectivity index (χ1v) is 11.6. The molecule has 0 spiro atoms. The number of para-hydroxylation sites is 2. The minimum Gasteiger partial charge on any atom is -0.354 e. The summed E-state index contributed by atoms with van der Waals surface area (Å²) in [6, 6.07) is 21.0. The monoisotopic (exact) mass is 473 g/mol. The maximum absolute atomic E-state index is 13.8. The van der Waals surface area contributed by atoms with Gasteiger partial charge in [-0.2, -0.15) is 0 Å². The molecular weight excluding hydrogens is 445 g/mol. The Morgan fingerprint density at radius 2 is 1.66 bits per heavy atom. The number of carbonyl (C=O) groups excluding carboxylic acids is 2. The van der Waals surface area contributed by atoms with Crippen LogP contribution in [0.15, 0.2) is 78.9 Å². The zero-order valence-corrected chi connectivity index (χ0v) is 19.8. The first-order chi connectivity index (χ1) is 16.9. The van der Waals surface area contributed by atoms with Crippen molar-refractivity contribution in [3.8, 4) is 0 Å². The van der Waals surface area contributed by atoms with Crippen LogP contribution in [-0.2, 0) is 16.1 Å². The smallest absolute Gasteiger partial charge is 0.249 e. The number of amides is 2. The number of hydrogen-bond acceptors (Lipinski definition) is 4. The number of aromatic nitrogens is 3. The molecule has 0 saturated heterocycles. The van der Waals surface area contributed by atoms with Gasteiger partial charge >= 0.3 is 0 Å². The predicted octanol–water partition coefficient (Wildman–Crippen LogP) is 4.51. The summed E-state index contributed by atoms with van der Waals surface area (Å²) >= 11 is 0. The van der Waals surface area contributed by atoms with Gasteiger partial charge in [-0.25, -0.2) is 9.07 Å². The second-order valence-corrected chi connectivity index (χ2v) is 8.76. The fourth-order valence-corrected chi connectivity index (χ4v) is 3.91. The van der Waals surface area contributed by atoms with Crippen molar-refractivity contribution in [3.63, 3.8) is 0 Å². The maximum atomic E-state index is 13.8. The second kappa shape index (κ2) is 10.9. The van der Waals surface area contributed by atoms with Gasteiger partial charge in [0.2, 0.25) is 11.8 Å². The third-order valence-corrected chi connectivity index (χ3v) is 5.72. The molecule has 3 aromatic carbocycles. The summed E-state index contributed by atoms with van der Waals surface area (Å²) in [6.45, 7) is 4.50. The standard InChI is InChI=1S/C27H28FN5O2/c1-19(2)16-17-29-27(35)26(20-12-14-21(28)15-13-20)33(22-8-4-3-5-9-22)25(34)18-32-24-11-7-6-10-23(24)30-31-32/h3-15,19,26H,16-18H2,1-2H3,(H,29,35). The van der Waals surface area contributed by atoms with Gasteiger partial charge in [0.25, 0.3) is 0 Å². The van der Waals surface area contributed by atoms with Gasteiger partial charge in [0, 0.05) is 12.2 Å². The van der Waals surface area contributed by atoms with Crippen LogP contribution >= 0.6 is 0 Å². The normalized spacial score (nSPS) is 12.0. The van der Waals surface area contributed by atoms with E-state index in [1.165, 1.54) is 33.8 Å². The highest BCUT2D eigenvalue weighted by molar-refractivity contribution is 6.01. The number of fused-ring (bicyclic) bond motifs is 1. The van der Waals surface area contributed by atoms with E-state index in [1.807, 2.05) is 30.3 Å². The highest BCUT2D eigenvalue weighted by Gasteiger charge is 2.33. The second-order valence-electron chi connectivity index (χ2n) is 8.76. The summed E-state index contributed by atoms with van der Waals surface area (Å²) in [6.07, 6.45) is 0.798. The van der Waals surface area contributed by atoms with Gasteiger partial charge in [-0.15, -0.1) is 5.10 Å². The van der Waals surface area contributed by atoms with E-state index in [0.29, 0.717) is 34.7 Å². The zero-order chi connectivity index (χ0) is 24.8. The lowest BCUT2D eigenvalue weighted by molar-refractivity contribution is -0.127. The fraction of sp³-hybridized carbons (Fsp3) is 0.259. The van der Waals surface area contributed by atoms with E-state index in [1.54, 1.807) is 24.3 Å². The minimum atomic E-state index is -0.993. The number of nitrogens with one attached hydrogen (secondary N) is 1. The van der Waals surface area contributed by atoms with Gasteiger partial charge in [-0.3, -0.25) is 14.5 Å². The molecule has 1 aromatic heterocycles. The van der Waals surface area contributed by atoms with Crippen molar-refractivity contribution in [1.82, 2.24) is 20.3 Å². The summed E-state index contributed by atoms with van der Waals surface area (Å²) in [5, 5.41) is 11.2. The topological polar surface area (TPSA) is 80.1 Å². The van der Waals surface area contributed by atoms with Crippen LogP contribution in [0, 0.1) is 11.7 Å². The Kier molecular flexibility index (Phi) is 7.50. The number of rotatable bonds is 9. The molecule has 7 nitrogen and oxygen atoms in total. The molecule has 0 aliphatic carbocycles. The van der Waals surface area contributed by atoms with Crippen LogP contribution in [0.2, 0.25) is 0 Å². The van der Waals surface area contributed by atoms with E-state index in [9.17, 15) is 14.0 Å². The molecule has 1 atom stereocenters. The zero-order valence-electron chi connectivity index (χ0n) is 19.8. The Labute approximate surface area is 203 Å². The molecule has 1 heterocycles. The summed E-state index contributed by atoms with van der Waals surface area (Å²) in [5.41, 5.74) is 2.45. The van der Waals surface area contributed by atoms with E-state index >= 15 is 0 Å². The Bertz CT molecular complexity index is 1290. The highest BCUT2D eigenvalue weighted by atomic mass is 19.1. The van der Waals surface area contributed by atoms with Crippen LogP contribution in [0.3, 0.4) is 0 Å². The Morgan fingerprint density at radius 3 is 2.37 bits per heavy atom. The number of halogens is 1. The van der Waals surface area contributed by atoms with Crippen molar-refractivity contribution < 1.29 is 14.0 Å². The molecule has 1 unspecified atom stereocenters. The molecular formula is C27H28FN5O2. The maximum Gasteiger partial charge on any atom is 0.249 e. The van der Waals surface area contributed by atoms with Crippen molar-refractivity contribution >= 4 is 28.5 Å². The Morgan fingerprint density at radius 1 is 0.971 bits per heavy atom. The third-order valence-electron chi connectivity index (χ3n) is 5.72. The molecule has 0 aliphatic heterocycles. The number of anilines is 1. The number of benzene rings is 3. The van der Waals surface area contributed by atoms with Crippen molar-refractivity contribution in [2.24, 2.45) is 5.92 Å². The lowest BCUT2D eigenvalue weighted by Crippen LogP contribution is -2.45. The molecule has 1 N–H and O–H groups in total. The van der Waals surface area contributed by atoms with Gasteiger partial charge in [-0.05, 0) is 54.3 Å². The molecule has 0 radical (unpaired) electrons. The van der Waals surface area contributed by atoms with Crippen molar-refractivity contribution in [1.29, 1.82) is 0 Å². The first kappa shape index (κ1) is 24.1. The van der Waals surface area contributed by atoms with E-state index in [2.05, 4.69) is 29.5 Å². The number of hydrogen-bond donors (Lipinski definition) is 1. The summed E-state index contributed by atoms with van der Waals surface area (Å²) in [7, 11) is 0. The van der Waals surface area contributed by atoms with Crippen LogP contribution in [0.4, 0.5) is 10.1 Å². The summed E-state index contributed by atoms with van der Waals surface area (Å²) in [5.74, 6) is -0.690. The van der Waals surface area contributed by atoms with E-state index in [0.717, 1.165) is 6.42 Å². The van der Waals surface area contributed by atoms with E-state index in [-0.39, 0.29) is 18.4 Å². The van der Waals surface area contributed by atoms with Crippen LogP contribution in [0.1, 0.15) is 31.9 Å². The van der Waals surface area contributed by atoms with Crippen molar-refractivity contribution in [2.75, 3.05) is 11.4 Å². The number of nitrogens with zero attached hydrogens (tertiary/aromatic N) is 4. The molecule has 4 aromatic rings. The average molecular weight is 474 g/mol. The molecule has 180 valence electrons. The van der Waals surface area contributed by atoms with Crippen LogP contribution in [-0.4, -0.2) is 33.4 Å². The van der Waals surface area contributed by atoms with Gasteiger partial charge in [0.15, 0.2) is 0 Å². The summed E-state index contributed by atoms with van der Waals surface area (Å²) in [4.78, 5) is 28.8. The summed E-state index contributed by atoms with van der Waals surface area (Å²) < 4.78 is 15.2. The molecule has 0 bridgehead atoms. The van der Waals surface area contributed by atoms with Crippen LogP contribution in [0.25, 0.3) is 11.0 Å². The largest absolute Gasteiger partial charge is 0.354 e. The molecule has 0 fully saturated rings. The molecule has 35 heavy (non-hydrogen) atoms. The third kappa shape index (κ3) is 5.71. The molecule has 8 heteroatoms. The van der Waals surface area contributed by atoms with Crippen LogP contribution < -0.4 is 10.2 Å². The van der Waals surface area contributed by atoms with Gasteiger partial charge in [-0.1, -0.05) is 61.5 Å². The molecule has 0 aliphatic rings. The average Bonchev–Trinajstić information content (AvgIpc) is 3.26. The Hall–Kier alpha value is -4.07. The fourth-order valence-electron chi connectivity index (χ4n) is 3.91. The predicted molar refractivity (Wildman–Crippen MR) is 133 cm³/mol. The minimum absolute atomic E-state index is 0.119. The Balaban J connectivity index is 1.73. The van der Waals surface area contributed by atoms with Crippen molar-refractivity contribution in [2.45, 2.75) is 32.9 Å². The molecule has 0 saturated carbocycles. The van der Waals surface area contributed by atoms with Gasteiger partial charge < -0.3 is 5.32 Å². The quantitative estimate of drug-likeness (QED) is 0.388.